The van der Waals surface area contributed by atoms with Crippen molar-refractivity contribution in [3.63, 3.8) is 0 Å². The molecule has 0 aliphatic carbocycles. The second kappa shape index (κ2) is 9.06. The van der Waals surface area contributed by atoms with Crippen LogP contribution in [0.1, 0.15) is 24.8 Å². The van der Waals surface area contributed by atoms with Crippen LogP contribution < -0.4 is 10.1 Å². The summed E-state index contributed by atoms with van der Waals surface area (Å²) >= 11 is -0.934. The number of rotatable bonds is 5. The minimum absolute atomic E-state index is 0.0260. The Morgan fingerprint density at radius 1 is 1.31 bits per heavy atom. The normalized spacial score (nSPS) is 24.3. The molecule has 1 fully saturated rings. The Morgan fingerprint density at radius 3 is 2.53 bits per heavy atom. The first kappa shape index (κ1) is 24.6. The molecule has 0 saturated carbocycles. The van der Waals surface area contributed by atoms with Crippen molar-refractivity contribution in [1.29, 1.82) is 0 Å². The van der Waals surface area contributed by atoms with E-state index in [0.29, 0.717) is 11.8 Å². The Morgan fingerprint density at radius 2 is 2.00 bits per heavy atom. The molecule has 1 saturated heterocycles. The second-order valence-corrected chi connectivity index (χ2v) is 10.4. The highest BCUT2D eigenvalue weighted by Crippen LogP contribution is 2.59. The van der Waals surface area contributed by atoms with Crippen molar-refractivity contribution in [2.24, 2.45) is 0 Å². The van der Waals surface area contributed by atoms with E-state index in [4.69, 9.17) is 4.74 Å². The van der Waals surface area contributed by atoms with Crippen molar-refractivity contribution >= 4 is 34.5 Å². The molecule has 0 bridgehead atoms. The van der Waals surface area contributed by atoms with E-state index < -0.39 is 63.0 Å². The van der Waals surface area contributed by atoms with Crippen molar-refractivity contribution in [3.05, 3.63) is 47.7 Å². The van der Waals surface area contributed by atoms with Crippen LogP contribution in [0.4, 0.5) is 27.6 Å². The number of hydrogen-bond acceptors (Lipinski definition) is 5. The zero-order chi connectivity index (χ0) is 23.8. The summed E-state index contributed by atoms with van der Waals surface area (Å²) in [6.07, 6.45) is -2.52. The lowest BCUT2D eigenvalue weighted by Crippen LogP contribution is -2.37. The Balaban J connectivity index is 1.97. The first-order valence-electron chi connectivity index (χ1n) is 9.24. The number of ether oxygens (including phenoxy) is 1. The predicted molar refractivity (Wildman–Crippen MR) is 111 cm³/mol. The number of carbonyl (C=O) groups is 1. The van der Waals surface area contributed by atoms with Crippen molar-refractivity contribution < 1.29 is 36.0 Å². The van der Waals surface area contributed by atoms with Crippen LogP contribution >= 0.6 is 11.8 Å². The highest BCUT2D eigenvalue weighted by Gasteiger charge is 2.60. The molecule has 1 N–H and O–H groups in total. The highest BCUT2D eigenvalue weighted by molar-refractivity contribution is 8.02. The van der Waals surface area contributed by atoms with Gasteiger partial charge in [0.1, 0.15) is 11.0 Å². The van der Waals surface area contributed by atoms with Crippen LogP contribution in [0.5, 0.6) is 5.75 Å². The van der Waals surface area contributed by atoms with Crippen molar-refractivity contribution in [1.82, 2.24) is 4.98 Å². The monoisotopic (exact) mass is 494 g/mol. The van der Waals surface area contributed by atoms with E-state index in [2.05, 4.69) is 10.3 Å². The molecule has 1 aliphatic heterocycles. The average molecular weight is 495 g/mol. The fourth-order valence-corrected chi connectivity index (χ4v) is 5.52. The molecule has 2 heterocycles. The smallest absolute Gasteiger partial charge is 0.403 e. The fourth-order valence-electron chi connectivity index (χ4n) is 3.51. The minimum Gasteiger partial charge on any atom is -0.610 e. The van der Waals surface area contributed by atoms with E-state index in [0.717, 1.165) is 26.2 Å². The number of nitrogens with one attached hydrogen (secondary N) is 1. The fraction of sp³-hybridized carbons (Fsp3) is 0.400. The molecule has 1 unspecified atom stereocenters. The molecule has 32 heavy (non-hydrogen) atoms. The number of amides is 1. The third-order valence-corrected chi connectivity index (χ3v) is 7.75. The molecule has 5 nitrogen and oxygen atoms in total. The lowest BCUT2D eigenvalue weighted by molar-refractivity contribution is -0.155. The molecule has 1 amide bonds. The zero-order valence-corrected chi connectivity index (χ0v) is 18.8. The van der Waals surface area contributed by atoms with Crippen LogP contribution in [0.2, 0.25) is 0 Å². The van der Waals surface area contributed by atoms with Crippen LogP contribution in [0.15, 0.2) is 35.5 Å². The maximum Gasteiger partial charge on any atom is 0.403 e. The maximum absolute atomic E-state index is 14.3. The number of methoxy groups -OCH3 is 1. The van der Waals surface area contributed by atoms with Gasteiger partial charge in [0.2, 0.25) is 16.8 Å². The standard InChI is InChI=1S/C20H19F5N2O3S2/c1-19(20(23,24)25)8-12(11-5-6-13(21)15(22)16(11)30-2)17(31-19)18(28)27-10-4-7-14(26-9-10)32(3)29/h4-7,9,12,17H,8H2,1-3H3,(H,27,28)/t12-,17+,19+,32?/m0/s1. The zero-order valence-electron chi connectivity index (χ0n) is 17.1. The van der Waals surface area contributed by atoms with E-state index in [1.54, 1.807) is 0 Å². The largest absolute Gasteiger partial charge is 0.610 e. The minimum atomic E-state index is -4.65. The SMILES string of the molecule is COc1c([C@@H]2C[C@](C)(C(F)(F)F)S[C@H]2C(=O)Nc2ccc([S+](C)[O-])nc2)ccc(F)c1F. The number of halogens is 5. The maximum atomic E-state index is 14.3. The van der Waals surface area contributed by atoms with Gasteiger partial charge in [-0.3, -0.25) is 4.79 Å². The Hall–Kier alpha value is -2.05. The third-order valence-electron chi connectivity index (χ3n) is 5.20. The van der Waals surface area contributed by atoms with Gasteiger partial charge in [-0.15, -0.1) is 11.8 Å². The van der Waals surface area contributed by atoms with Gasteiger partial charge in [0.05, 0.1) is 24.2 Å². The predicted octanol–water partition coefficient (Wildman–Crippen LogP) is 4.65. The number of alkyl halides is 3. The lowest BCUT2D eigenvalue weighted by Gasteiger charge is -2.26. The van der Waals surface area contributed by atoms with Gasteiger partial charge in [-0.2, -0.15) is 17.6 Å². The summed E-state index contributed by atoms with van der Waals surface area (Å²) in [5, 5.41) is 1.50. The summed E-state index contributed by atoms with van der Waals surface area (Å²) in [5.41, 5.74) is 0.170. The quantitative estimate of drug-likeness (QED) is 0.484. The molecule has 2 aromatic rings. The summed E-state index contributed by atoms with van der Waals surface area (Å²) in [6, 6.07) is 4.78. The summed E-state index contributed by atoms with van der Waals surface area (Å²) in [7, 11) is 1.08. The number of nitrogens with zero attached hydrogens (tertiary/aromatic N) is 1. The van der Waals surface area contributed by atoms with Gasteiger partial charge in [-0.25, -0.2) is 9.37 Å². The second-order valence-electron chi connectivity index (χ2n) is 7.39. The van der Waals surface area contributed by atoms with Crippen LogP contribution in [0.3, 0.4) is 0 Å². The Bertz CT molecular complexity index is 1000. The van der Waals surface area contributed by atoms with Crippen molar-refractivity contribution in [3.8, 4) is 5.75 Å². The van der Waals surface area contributed by atoms with Crippen molar-refractivity contribution in [2.75, 3.05) is 18.7 Å². The molecule has 1 aromatic heterocycles. The number of pyridine rings is 1. The van der Waals surface area contributed by atoms with Gasteiger partial charge in [-0.05, 0) is 25.5 Å². The first-order valence-corrected chi connectivity index (χ1v) is 11.7. The van der Waals surface area contributed by atoms with Crippen LogP contribution in [0.25, 0.3) is 0 Å². The van der Waals surface area contributed by atoms with Gasteiger partial charge >= 0.3 is 6.18 Å². The van der Waals surface area contributed by atoms with E-state index in [-0.39, 0.29) is 16.3 Å². The van der Waals surface area contributed by atoms with Crippen LogP contribution in [0, 0.1) is 11.6 Å². The van der Waals surface area contributed by atoms with Gasteiger partial charge < -0.3 is 14.6 Å². The number of thioether (sulfide) groups is 1. The van der Waals surface area contributed by atoms with Crippen LogP contribution in [-0.4, -0.2) is 45.0 Å². The molecule has 12 heteroatoms. The third kappa shape index (κ3) is 4.67. The van der Waals surface area contributed by atoms with E-state index in [1.165, 1.54) is 24.6 Å². The van der Waals surface area contributed by atoms with E-state index >= 15 is 0 Å². The summed E-state index contributed by atoms with van der Waals surface area (Å²) in [5.74, 6) is -4.94. The Labute approximate surface area is 188 Å². The van der Waals surface area contributed by atoms with Crippen molar-refractivity contribution in [2.45, 2.75) is 40.5 Å². The highest BCUT2D eigenvalue weighted by atomic mass is 32.2. The topological polar surface area (TPSA) is 74.3 Å². The number of hydrogen-bond donors (Lipinski definition) is 1. The molecule has 4 atom stereocenters. The molecular weight excluding hydrogens is 475 g/mol. The summed E-state index contributed by atoms with van der Waals surface area (Å²) in [4.78, 5) is 16.9. The van der Waals surface area contributed by atoms with E-state index in [9.17, 15) is 31.3 Å². The molecule has 0 radical (unpaired) electrons. The van der Waals surface area contributed by atoms with Gasteiger partial charge in [0, 0.05) is 28.7 Å². The van der Waals surface area contributed by atoms with Crippen LogP contribution in [-0.2, 0) is 16.0 Å². The number of aromatic nitrogens is 1. The molecule has 1 aromatic carbocycles. The van der Waals surface area contributed by atoms with Gasteiger partial charge in [0.25, 0.3) is 0 Å². The molecular formula is C20H19F5N2O3S2. The average Bonchev–Trinajstić information content (AvgIpc) is 3.09. The number of carbonyl (C=O) groups excluding carboxylic acids is 1. The number of benzene rings is 1. The summed E-state index contributed by atoms with van der Waals surface area (Å²) < 4.78 is 83.4. The molecule has 174 valence electrons. The lowest BCUT2D eigenvalue weighted by atomic mass is 9.85. The van der Waals surface area contributed by atoms with E-state index in [1.807, 2.05) is 0 Å². The molecule has 1 aliphatic rings. The molecule has 3 rings (SSSR count). The first-order chi connectivity index (χ1) is 14.9. The molecule has 0 spiro atoms. The number of anilines is 1. The van der Waals surface area contributed by atoms with Gasteiger partial charge in [-0.1, -0.05) is 6.07 Å². The summed E-state index contributed by atoms with van der Waals surface area (Å²) in [6.45, 7) is 0.969. The van der Waals surface area contributed by atoms with Gasteiger partial charge in [0.15, 0.2) is 11.6 Å². The Kier molecular flexibility index (Phi) is 6.97.